The Kier molecular flexibility index (Phi) is 6.12. The van der Waals surface area contributed by atoms with Gasteiger partial charge in [0.1, 0.15) is 23.4 Å². The van der Waals surface area contributed by atoms with Gasteiger partial charge in [0.2, 0.25) is 0 Å². The molecule has 0 N–H and O–H groups in total. The maximum absolute atomic E-state index is 13.1. The van der Waals surface area contributed by atoms with Crippen molar-refractivity contribution in [2.24, 2.45) is 0 Å². The standard InChI is InChI=1S/C21H22FN3O3/c1-27-17-7-8-18(20(13-17)28-2)21(26)25-11-9-24(10-12-25)19(14-23)15-3-5-16(22)6-4-15/h3-8,13,19H,9-12H2,1-2H3/t19-/m0/s1. The van der Waals surface area contributed by atoms with Gasteiger partial charge in [0.05, 0.1) is 25.9 Å². The van der Waals surface area contributed by atoms with E-state index in [1.54, 1.807) is 42.3 Å². The summed E-state index contributed by atoms with van der Waals surface area (Å²) in [5.74, 6) is 0.640. The van der Waals surface area contributed by atoms with E-state index >= 15 is 0 Å². The lowest BCUT2D eigenvalue weighted by Crippen LogP contribution is -2.49. The molecule has 1 atom stereocenters. The molecule has 0 spiro atoms. The molecule has 1 amide bonds. The molecule has 0 bridgehead atoms. The lowest BCUT2D eigenvalue weighted by molar-refractivity contribution is 0.0603. The van der Waals surface area contributed by atoms with E-state index in [-0.39, 0.29) is 11.7 Å². The zero-order valence-electron chi connectivity index (χ0n) is 15.9. The molecular weight excluding hydrogens is 361 g/mol. The number of nitrogens with zero attached hydrogens (tertiary/aromatic N) is 3. The van der Waals surface area contributed by atoms with E-state index in [0.717, 1.165) is 5.56 Å². The third kappa shape index (κ3) is 4.07. The number of amides is 1. The Balaban J connectivity index is 1.68. The van der Waals surface area contributed by atoms with Crippen molar-refractivity contribution < 1.29 is 18.7 Å². The van der Waals surface area contributed by atoms with Crippen LogP contribution < -0.4 is 9.47 Å². The fourth-order valence-electron chi connectivity index (χ4n) is 3.34. The summed E-state index contributed by atoms with van der Waals surface area (Å²) >= 11 is 0. The molecule has 2 aromatic carbocycles. The van der Waals surface area contributed by atoms with Crippen molar-refractivity contribution in [3.63, 3.8) is 0 Å². The van der Waals surface area contributed by atoms with Crippen molar-refractivity contribution in [3.05, 3.63) is 59.4 Å². The SMILES string of the molecule is COc1ccc(C(=O)N2CCN([C@@H](C#N)c3ccc(F)cc3)CC2)c(OC)c1. The molecule has 28 heavy (non-hydrogen) atoms. The van der Waals surface area contributed by atoms with E-state index in [2.05, 4.69) is 6.07 Å². The van der Waals surface area contributed by atoms with Crippen LogP contribution in [0.25, 0.3) is 0 Å². The fraction of sp³-hybridized carbons (Fsp3) is 0.333. The smallest absolute Gasteiger partial charge is 0.257 e. The summed E-state index contributed by atoms with van der Waals surface area (Å²) in [6.45, 7) is 2.10. The summed E-state index contributed by atoms with van der Waals surface area (Å²) in [5, 5.41) is 9.58. The second-order valence-corrected chi connectivity index (χ2v) is 6.48. The molecule has 1 aliphatic heterocycles. The van der Waals surface area contributed by atoms with Gasteiger partial charge in [0.25, 0.3) is 5.91 Å². The van der Waals surface area contributed by atoms with E-state index in [4.69, 9.17) is 9.47 Å². The summed E-state index contributed by atoms with van der Waals surface area (Å²) in [6.07, 6.45) is 0. The van der Waals surface area contributed by atoms with Crippen molar-refractivity contribution in [2.75, 3.05) is 40.4 Å². The molecule has 0 unspecified atom stereocenters. The van der Waals surface area contributed by atoms with E-state index in [0.29, 0.717) is 43.2 Å². The van der Waals surface area contributed by atoms with Crippen LogP contribution in [0, 0.1) is 17.1 Å². The Morgan fingerprint density at radius 1 is 1.07 bits per heavy atom. The molecule has 1 heterocycles. The van der Waals surface area contributed by atoms with Crippen LogP contribution in [-0.4, -0.2) is 56.1 Å². The van der Waals surface area contributed by atoms with Gasteiger partial charge < -0.3 is 14.4 Å². The van der Waals surface area contributed by atoms with E-state index in [1.807, 2.05) is 4.90 Å². The van der Waals surface area contributed by atoms with Crippen LogP contribution in [0.4, 0.5) is 4.39 Å². The lowest BCUT2D eigenvalue weighted by Gasteiger charge is -2.37. The van der Waals surface area contributed by atoms with Crippen LogP contribution >= 0.6 is 0 Å². The van der Waals surface area contributed by atoms with Crippen molar-refractivity contribution in [2.45, 2.75) is 6.04 Å². The Hall–Kier alpha value is -3.11. The number of carbonyl (C=O) groups excluding carboxylic acids is 1. The maximum Gasteiger partial charge on any atom is 0.257 e. The van der Waals surface area contributed by atoms with Crippen LogP contribution in [0.3, 0.4) is 0 Å². The molecule has 6 nitrogen and oxygen atoms in total. The number of benzene rings is 2. The summed E-state index contributed by atoms with van der Waals surface area (Å²) in [6, 6.07) is 12.9. The number of halogens is 1. The van der Waals surface area contributed by atoms with Crippen LogP contribution in [0.1, 0.15) is 22.0 Å². The van der Waals surface area contributed by atoms with E-state index < -0.39 is 6.04 Å². The lowest BCUT2D eigenvalue weighted by atomic mass is 10.1. The highest BCUT2D eigenvalue weighted by Gasteiger charge is 2.28. The van der Waals surface area contributed by atoms with Crippen LogP contribution in [0.5, 0.6) is 11.5 Å². The Morgan fingerprint density at radius 3 is 2.32 bits per heavy atom. The topological polar surface area (TPSA) is 65.8 Å². The summed E-state index contributed by atoms with van der Waals surface area (Å²) in [7, 11) is 3.08. The van der Waals surface area contributed by atoms with Crippen molar-refractivity contribution in [1.29, 1.82) is 5.26 Å². The first-order valence-corrected chi connectivity index (χ1v) is 8.97. The predicted molar refractivity (Wildman–Crippen MR) is 102 cm³/mol. The quantitative estimate of drug-likeness (QED) is 0.794. The number of ether oxygens (including phenoxy) is 2. The second kappa shape index (κ2) is 8.72. The Morgan fingerprint density at radius 2 is 1.75 bits per heavy atom. The maximum atomic E-state index is 13.1. The highest BCUT2D eigenvalue weighted by Crippen LogP contribution is 2.27. The van der Waals surface area contributed by atoms with E-state index in [9.17, 15) is 14.4 Å². The van der Waals surface area contributed by atoms with Gasteiger partial charge in [-0.1, -0.05) is 12.1 Å². The van der Waals surface area contributed by atoms with Gasteiger partial charge in [0, 0.05) is 32.2 Å². The van der Waals surface area contributed by atoms with Crippen molar-refractivity contribution in [3.8, 4) is 17.6 Å². The molecule has 1 aliphatic rings. The second-order valence-electron chi connectivity index (χ2n) is 6.48. The number of hydrogen-bond acceptors (Lipinski definition) is 5. The summed E-state index contributed by atoms with van der Waals surface area (Å²) < 4.78 is 23.7. The number of rotatable bonds is 5. The van der Waals surface area contributed by atoms with Crippen LogP contribution in [0.2, 0.25) is 0 Å². The zero-order valence-corrected chi connectivity index (χ0v) is 15.9. The fourth-order valence-corrected chi connectivity index (χ4v) is 3.34. The zero-order chi connectivity index (χ0) is 20.1. The third-order valence-electron chi connectivity index (χ3n) is 4.91. The van der Waals surface area contributed by atoms with Gasteiger partial charge in [-0.25, -0.2) is 4.39 Å². The first-order chi connectivity index (χ1) is 13.6. The predicted octanol–water partition coefficient (Wildman–Crippen LogP) is 2.87. The monoisotopic (exact) mass is 383 g/mol. The first-order valence-electron chi connectivity index (χ1n) is 8.97. The van der Waals surface area contributed by atoms with Gasteiger partial charge in [-0.05, 0) is 29.8 Å². The molecule has 146 valence electrons. The van der Waals surface area contributed by atoms with Crippen LogP contribution in [0.15, 0.2) is 42.5 Å². The average Bonchev–Trinajstić information content (AvgIpc) is 2.75. The van der Waals surface area contributed by atoms with Gasteiger partial charge >= 0.3 is 0 Å². The van der Waals surface area contributed by atoms with Gasteiger partial charge in [-0.15, -0.1) is 0 Å². The highest BCUT2D eigenvalue weighted by molar-refractivity contribution is 5.97. The molecule has 7 heteroatoms. The number of hydrogen-bond donors (Lipinski definition) is 0. The third-order valence-corrected chi connectivity index (χ3v) is 4.91. The minimum atomic E-state index is -0.464. The molecule has 0 radical (unpaired) electrons. The Labute approximate surface area is 163 Å². The normalized spacial score (nSPS) is 15.6. The minimum absolute atomic E-state index is 0.116. The largest absolute Gasteiger partial charge is 0.497 e. The summed E-state index contributed by atoms with van der Waals surface area (Å²) in [5.41, 5.74) is 1.23. The first kappa shape index (κ1) is 19.6. The molecular formula is C21H22FN3O3. The number of carbonyl (C=O) groups is 1. The molecule has 0 aromatic heterocycles. The number of methoxy groups -OCH3 is 2. The molecule has 3 rings (SSSR count). The van der Waals surface area contributed by atoms with Gasteiger partial charge in [-0.3, -0.25) is 9.69 Å². The van der Waals surface area contributed by atoms with Crippen molar-refractivity contribution in [1.82, 2.24) is 9.80 Å². The minimum Gasteiger partial charge on any atom is -0.497 e. The Bertz CT molecular complexity index is 871. The molecule has 0 aliphatic carbocycles. The molecule has 0 saturated carbocycles. The van der Waals surface area contributed by atoms with Crippen molar-refractivity contribution >= 4 is 5.91 Å². The number of piperazine rings is 1. The molecule has 1 fully saturated rings. The van der Waals surface area contributed by atoms with Gasteiger partial charge in [0.15, 0.2) is 0 Å². The summed E-state index contributed by atoms with van der Waals surface area (Å²) in [4.78, 5) is 16.7. The molecule has 2 aromatic rings. The van der Waals surface area contributed by atoms with E-state index in [1.165, 1.54) is 19.2 Å². The van der Waals surface area contributed by atoms with Gasteiger partial charge in [-0.2, -0.15) is 5.26 Å². The molecule has 1 saturated heterocycles. The highest BCUT2D eigenvalue weighted by atomic mass is 19.1. The van der Waals surface area contributed by atoms with Crippen LogP contribution in [-0.2, 0) is 0 Å². The average molecular weight is 383 g/mol. The number of nitriles is 1.